The van der Waals surface area contributed by atoms with Crippen molar-refractivity contribution in [2.75, 3.05) is 4.72 Å². The topological polar surface area (TPSA) is 128 Å². The number of hydrogen-bond donors (Lipinski definition) is 2. The Bertz CT molecular complexity index is 1520. The van der Waals surface area contributed by atoms with Gasteiger partial charge in [0.05, 0.1) is 24.2 Å². The van der Waals surface area contributed by atoms with Crippen molar-refractivity contribution < 1.29 is 26.9 Å². The van der Waals surface area contributed by atoms with E-state index in [1.807, 2.05) is 6.07 Å². The Hall–Kier alpha value is -3.93. The van der Waals surface area contributed by atoms with Crippen LogP contribution in [0, 0.1) is 12.7 Å². The maximum absolute atomic E-state index is 14.0. The first-order chi connectivity index (χ1) is 16.9. The normalized spacial score (nSPS) is 12.0. The summed E-state index contributed by atoms with van der Waals surface area (Å²) in [4.78, 5) is 11.4. The molecule has 4 aromatic rings. The third kappa shape index (κ3) is 5.82. The Morgan fingerprint density at radius 1 is 1.19 bits per heavy atom. The average Bonchev–Trinajstić information content (AvgIpc) is 3.38. The number of alkyl carbamates (subject to hydrolysis) is 1. The quantitative estimate of drug-likeness (QED) is 0.375. The number of amides is 1. The number of rotatable bonds is 7. The highest BCUT2D eigenvalue weighted by atomic mass is 32.2. The van der Waals surface area contributed by atoms with Crippen molar-refractivity contribution in [1.29, 1.82) is 0 Å². The highest BCUT2D eigenvalue weighted by Crippen LogP contribution is 2.30. The lowest BCUT2D eigenvalue weighted by molar-refractivity contribution is 0.0522. The number of anilines is 1. The zero-order valence-corrected chi connectivity index (χ0v) is 21.0. The Kier molecular flexibility index (Phi) is 6.72. The predicted octanol–water partition coefficient (Wildman–Crippen LogP) is 4.35. The number of carbonyl (C=O) groups is 1. The maximum Gasteiger partial charge on any atom is 0.407 e. The smallest absolute Gasteiger partial charge is 0.407 e. The van der Waals surface area contributed by atoms with Gasteiger partial charge in [-0.25, -0.2) is 17.6 Å². The third-order valence-electron chi connectivity index (χ3n) is 5.04. The molecule has 4 rings (SSSR count). The number of nitrogens with zero attached hydrogens (tertiary/aromatic N) is 3. The molecule has 2 aromatic heterocycles. The fraction of sp³-hybridized carbons (Fsp3) is 0.292. The van der Waals surface area contributed by atoms with Crippen molar-refractivity contribution in [3.05, 3.63) is 71.3 Å². The van der Waals surface area contributed by atoms with E-state index in [2.05, 4.69) is 20.3 Å². The molecule has 2 N–H and O–H groups in total. The van der Waals surface area contributed by atoms with Crippen LogP contribution in [0.4, 0.5) is 15.0 Å². The Labute approximate surface area is 207 Å². The molecule has 0 aliphatic carbocycles. The first kappa shape index (κ1) is 25.2. The van der Waals surface area contributed by atoms with Crippen LogP contribution in [0.1, 0.15) is 37.6 Å². The van der Waals surface area contributed by atoms with Crippen LogP contribution in [0.2, 0.25) is 0 Å². The van der Waals surface area contributed by atoms with E-state index >= 15 is 0 Å². The third-order valence-corrected chi connectivity index (χ3v) is 6.41. The second-order valence-electron chi connectivity index (χ2n) is 9.21. The summed E-state index contributed by atoms with van der Waals surface area (Å²) in [6, 6.07) is 10.5. The van der Waals surface area contributed by atoms with Gasteiger partial charge in [0, 0.05) is 6.20 Å². The van der Waals surface area contributed by atoms with E-state index in [1.165, 1.54) is 18.2 Å². The monoisotopic (exact) mass is 515 g/mol. The number of aryl methyl sites for hydroxylation is 1. The molecular weight excluding hydrogens is 489 g/mol. The van der Waals surface area contributed by atoms with Gasteiger partial charge in [-0.1, -0.05) is 23.4 Å². The number of sulfonamides is 1. The summed E-state index contributed by atoms with van der Waals surface area (Å²) < 4.78 is 54.0. The fourth-order valence-electron chi connectivity index (χ4n) is 3.60. The first-order valence-electron chi connectivity index (χ1n) is 11.1. The van der Waals surface area contributed by atoms with Crippen molar-refractivity contribution in [3.8, 4) is 0 Å². The molecular formula is C24H26FN5O5S. The van der Waals surface area contributed by atoms with E-state index in [4.69, 9.17) is 9.26 Å². The number of aromatic nitrogens is 3. The molecule has 12 heteroatoms. The van der Waals surface area contributed by atoms with E-state index in [-0.39, 0.29) is 12.4 Å². The van der Waals surface area contributed by atoms with Gasteiger partial charge in [-0.3, -0.25) is 9.40 Å². The van der Waals surface area contributed by atoms with Crippen LogP contribution in [-0.2, 0) is 27.8 Å². The van der Waals surface area contributed by atoms with Gasteiger partial charge in [-0.15, -0.1) is 0 Å². The van der Waals surface area contributed by atoms with E-state index in [1.54, 1.807) is 50.7 Å². The van der Waals surface area contributed by atoms with E-state index in [0.29, 0.717) is 28.8 Å². The molecule has 190 valence electrons. The highest BCUT2D eigenvalue weighted by Gasteiger charge is 2.23. The molecule has 10 nitrogen and oxygen atoms in total. The van der Waals surface area contributed by atoms with Crippen LogP contribution in [-0.4, -0.2) is 35.0 Å². The summed E-state index contributed by atoms with van der Waals surface area (Å²) in [5.74, 6) is -0.886. The maximum atomic E-state index is 14.0. The van der Waals surface area contributed by atoms with Crippen molar-refractivity contribution >= 4 is 32.9 Å². The summed E-state index contributed by atoms with van der Waals surface area (Å²) in [5.41, 5.74) is 2.00. The van der Waals surface area contributed by atoms with Gasteiger partial charge in [-0.05, 0) is 63.1 Å². The van der Waals surface area contributed by atoms with E-state index in [9.17, 15) is 17.6 Å². The fourth-order valence-corrected chi connectivity index (χ4v) is 4.68. The standard InChI is InChI=1S/C24H26FN5O5S/c1-15-11-16(14-30-10-9-17(27-30)13-26-23(31)34-24(2,3)4)12-19-21(15)22(28-35-19)29-36(32,33)20-8-6-5-7-18(20)25/h5-12H,13-14H2,1-4H3,(H,26,31)(H,28,29). The summed E-state index contributed by atoms with van der Waals surface area (Å²) >= 11 is 0. The van der Waals surface area contributed by atoms with Gasteiger partial charge < -0.3 is 14.6 Å². The van der Waals surface area contributed by atoms with E-state index < -0.39 is 32.4 Å². The largest absolute Gasteiger partial charge is 0.444 e. The zero-order chi connectivity index (χ0) is 26.1. The van der Waals surface area contributed by atoms with Crippen LogP contribution in [0.25, 0.3) is 11.0 Å². The average molecular weight is 516 g/mol. The predicted molar refractivity (Wildman–Crippen MR) is 130 cm³/mol. The van der Waals surface area contributed by atoms with Gasteiger partial charge in [0.1, 0.15) is 16.3 Å². The Morgan fingerprint density at radius 3 is 2.67 bits per heavy atom. The second-order valence-corrected chi connectivity index (χ2v) is 10.9. The van der Waals surface area contributed by atoms with Crippen LogP contribution in [0.15, 0.2) is 58.1 Å². The molecule has 36 heavy (non-hydrogen) atoms. The first-order valence-corrected chi connectivity index (χ1v) is 12.5. The highest BCUT2D eigenvalue weighted by molar-refractivity contribution is 7.92. The van der Waals surface area contributed by atoms with Gasteiger partial charge in [0.2, 0.25) is 0 Å². The minimum atomic E-state index is -4.20. The van der Waals surface area contributed by atoms with E-state index in [0.717, 1.165) is 11.6 Å². The molecule has 0 saturated heterocycles. The summed E-state index contributed by atoms with van der Waals surface area (Å²) in [6.45, 7) is 7.78. The minimum absolute atomic E-state index is 0.0214. The molecule has 0 saturated carbocycles. The molecule has 0 radical (unpaired) electrons. The zero-order valence-electron chi connectivity index (χ0n) is 20.2. The molecule has 0 atom stereocenters. The molecule has 2 aromatic carbocycles. The molecule has 0 bridgehead atoms. The second kappa shape index (κ2) is 9.61. The number of halogens is 1. The molecule has 2 heterocycles. The lowest BCUT2D eigenvalue weighted by Crippen LogP contribution is -2.32. The number of fused-ring (bicyclic) bond motifs is 1. The van der Waals surface area contributed by atoms with Gasteiger partial charge >= 0.3 is 6.09 Å². The SMILES string of the molecule is Cc1cc(Cn2ccc(CNC(=O)OC(C)(C)C)n2)cc2onc(NS(=O)(=O)c3ccccc3F)c12. The van der Waals surface area contributed by atoms with Crippen molar-refractivity contribution in [3.63, 3.8) is 0 Å². The number of nitrogens with one attached hydrogen (secondary N) is 2. The van der Waals surface area contributed by atoms with Gasteiger partial charge in [0.15, 0.2) is 11.4 Å². The molecule has 0 spiro atoms. The summed E-state index contributed by atoms with van der Waals surface area (Å²) in [6.07, 6.45) is 1.25. The summed E-state index contributed by atoms with van der Waals surface area (Å²) in [7, 11) is -4.20. The number of benzene rings is 2. The Morgan fingerprint density at radius 2 is 1.94 bits per heavy atom. The number of hydrogen-bond acceptors (Lipinski definition) is 7. The molecule has 0 aliphatic heterocycles. The van der Waals surface area contributed by atoms with Gasteiger partial charge in [0.25, 0.3) is 10.0 Å². The van der Waals surface area contributed by atoms with Crippen molar-refractivity contribution in [2.45, 2.75) is 51.3 Å². The summed E-state index contributed by atoms with van der Waals surface area (Å²) in [5, 5.41) is 11.4. The number of ether oxygens (including phenoxy) is 1. The van der Waals surface area contributed by atoms with Crippen LogP contribution in [0.3, 0.4) is 0 Å². The van der Waals surface area contributed by atoms with Crippen LogP contribution in [0.5, 0.6) is 0 Å². The molecule has 0 fully saturated rings. The van der Waals surface area contributed by atoms with Gasteiger partial charge in [-0.2, -0.15) is 5.10 Å². The molecule has 0 unspecified atom stereocenters. The lowest BCUT2D eigenvalue weighted by Gasteiger charge is -2.19. The molecule has 0 aliphatic rings. The van der Waals surface area contributed by atoms with Crippen LogP contribution >= 0.6 is 0 Å². The van der Waals surface area contributed by atoms with Crippen molar-refractivity contribution in [2.24, 2.45) is 0 Å². The lowest BCUT2D eigenvalue weighted by atomic mass is 10.1. The number of carbonyl (C=O) groups excluding carboxylic acids is 1. The van der Waals surface area contributed by atoms with Crippen LogP contribution < -0.4 is 10.0 Å². The van der Waals surface area contributed by atoms with Crippen molar-refractivity contribution in [1.82, 2.24) is 20.3 Å². The minimum Gasteiger partial charge on any atom is -0.444 e. The molecule has 1 amide bonds. The Balaban J connectivity index is 1.48.